The number of aryl methyl sites for hydroxylation is 1. The van der Waals surface area contributed by atoms with E-state index in [0.29, 0.717) is 53.3 Å². The quantitative estimate of drug-likeness (QED) is 0.270. The molecule has 7 rings (SSSR count). The number of carbonyl (C=O) groups excluding carboxylic acids is 2. The lowest BCUT2D eigenvalue weighted by Crippen LogP contribution is -2.62. The molecule has 2 saturated heterocycles. The van der Waals surface area contributed by atoms with Gasteiger partial charge in [-0.3, -0.25) is 4.79 Å². The van der Waals surface area contributed by atoms with Crippen LogP contribution in [0.15, 0.2) is 29.1 Å². The SMILES string of the molecule is CCc1c2c(nc3ccc(OC(=O)N4CCN[C@@H]5CSSC[C@H]54)cc13)-c1cc3c(c(=O)n1C2)COC(=O)[C@]3(O)CC. The summed E-state index contributed by atoms with van der Waals surface area (Å²) in [5.74, 6) is 1.54. The predicted molar refractivity (Wildman–Crippen MR) is 157 cm³/mol. The van der Waals surface area contributed by atoms with Crippen LogP contribution in [-0.2, 0) is 34.7 Å². The van der Waals surface area contributed by atoms with Gasteiger partial charge in [0, 0.05) is 47.2 Å². The number of nitrogens with one attached hydrogen (secondary N) is 1. The summed E-state index contributed by atoms with van der Waals surface area (Å²) in [6, 6.07) is 7.56. The molecule has 10 nitrogen and oxygen atoms in total. The van der Waals surface area contributed by atoms with E-state index >= 15 is 0 Å². The molecule has 0 unspecified atom stereocenters. The molecule has 4 aliphatic heterocycles. The molecule has 4 aliphatic rings. The van der Waals surface area contributed by atoms with Crippen LogP contribution in [0.3, 0.4) is 0 Å². The van der Waals surface area contributed by atoms with Gasteiger partial charge in [-0.15, -0.1) is 0 Å². The molecular weight excluding hydrogens is 564 g/mol. The second-order valence-electron chi connectivity index (χ2n) is 10.8. The van der Waals surface area contributed by atoms with Crippen LogP contribution in [0.2, 0.25) is 0 Å². The van der Waals surface area contributed by atoms with Crippen molar-refractivity contribution in [3.8, 4) is 17.1 Å². The Hall–Kier alpha value is -3.06. The first-order valence-corrected chi connectivity index (χ1v) is 16.4. The van der Waals surface area contributed by atoms with Gasteiger partial charge in [-0.25, -0.2) is 14.6 Å². The minimum atomic E-state index is -1.87. The lowest BCUT2D eigenvalue weighted by atomic mass is 9.86. The van der Waals surface area contributed by atoms with Crippen molar-refractivity contribution in [1.29, 1.82) is 0 Å². The van der Waals surface area contributed by atoms with Crippen LogP contribution in [0, 0.1) is 0 Å². The van der Waals surface area contributed by atoms with Crippen molar-refractivity contribution >= 4 is 44.6 Å². The molecule has 214 valence electrons. The van der Waals surface area contributed by atoms with E-state index in [1.54, 1.807) is 34.4 Å². The third kappa shape index (κ3) is 4.10. The molecule has 0 bridgehead atoms. The molecule has 2 N–H and O–H groups in total. The Morgan fingerprint density at radius 2 is 2.05 bits per heavy atom. The fraction of sp³-hybridized carbons (Fsp3) is 0.448. The minimum absolute atomic E-state index is 0.0918. The Morgan fingerprint density at radius 3 is 2.85 bits per heavy atom. The standard InChI is InChI=1S/C29H30N4O6S2/c1-3-16-17-9-15(39-28(36)32-8-7-30-22-13-40-41-14-24(22)32)5-6-21(17)31-25-18(16)11-33-23(25)10-20-19(26(33)34)12-38-27(35)29(20,37)4-2/h5-6,9-10,22,24,30,37H,3-4,7-8,11-14H2,1-2H3/t22-,24-,29+/m1/s1. The number of pyridine rings is 2. The number of carbonyl (C=O) groups is 2. The highest BCUT2D eigenvalue weighted by atomic mass is 33.1. The Kier molecular flexibility index (Phi) is 6.57. The fourth-order valence-electron chi connectivity index (χ4n) is 6.50. The summed E-state index contributed by atoms with van der Waals surface area (Å²) in [5.41, 5.74) is 2.33. The highest BCUT2D eigenvalue weighted by Gasteiger charge is 2.45. The highest BCUT2D eigenvalue weighted by molar-refractivity contribution is 8.76. The molecule has 0 spiro atoms. The van der Waals surface area contributed by atoms with Crippen LogP contribution in [0.5, 0.6) is 5.75 Å². The zero-order chi connectivity index (χ0) is 28.5. The van der Waals surface area contributed by atoms with E-state index in [1.165, 1.54) is 0 Å². The van der Waals surface area contributed by atoms with Crippen molar-refractivity contribution in [3.63, 3.8) is 0 Å². The number of esters is 1. The number of benzene rings is 1. The normalized spacial score (nSPS) is 24.8. The fourth-order valence-corrected chi connectivity index (χ4v) is 9.17. The first-order chi connectivity index (χ1) is 19.8. The van der Waals surface area contributed by atoms with E-state index in [-0.39, 0.29) is 36.8 Å². The van der Waals surface area contributed by atoms with Crippen molar-refractivity contribution in [2.45, 2.75) is 57.5 Å². The van der Waals surface area contributed by atoms with Crippen LogP contribution in [0.25, 0.3) is 22.3 Å². The first-order valence-electron chi connectivity index (χ1n) is 13.9. The summed E-state index contributed by atoms with van der Waals surface area (Å²) in [6.45, 7) is 5.25. The Bertz CT molecular complexity index is 1670. The summed E-state index contributed by atoms with van der Waals surface area (Å²) in [7, 11) is 3.62. The van der Waals surface area contributed by atoms with Crippen molar-refractivity contribution in [2.24, 2.45) is 0 Å². The van der Waals surface area contributed by atoms with Crippen LogP contribution >= 0.6 is 21.6 Å². The first kappa shape index (κ1) is 26.8. The zero-order valence-corrected chi connectivity index (χ0v) is 24.4. The molecule has 3 atom stereocenters. The number of amides is 1. The van der Waals surface area contributed by atoms with Gasteiger partial charge >= 0.3 is 12.1 Å². The van der Waals surface area contributed by atoms with Gasteiger partial charge in [0.15, 0.2) is 5.60 Å². The van der Waals surface area contributed by atoms with E-state index in [4.69, 9.17) is 14.5 Å². The monoisotopic (exact) mass is 594 g/mol. The molecule has 12 heteroatoms. The molecule has 0 radical (unpaired) electrons. The number of cyclic esters (lactones) is 1. The second kappa shape index (κ2) is 10.0. The van der Waals surface area contributed by atoms with E-state index in [2.05, 4.69) is 5.32 Å². The number of aliphatic hydroxyl groups is 1. The van der Waals surface area contributed by atoms with Gasteiger partial charge < -0.3 is 29.4 Å². The molecule has 0 aliphatic carbocycles. The molecular formula is C29H30N4O6S2. The molecule has 3 aromatic rings. The minimum Gasteiger partial charge on any atom is -0.458 e. The molecule has 1 aromatic carbocycles. The van der Waals surface area contributed by atoms with Gasteiger partial charge in [0.25, 0.3) is 5.56 Å². The van der Waals surface area contributed by atoms with Crippen molar-refractivity contribution in [2.75, 3.05) is 24.6 Å². The molecule has 41 heavy (non-hydrogen) atoms. The summed E-state index contributed by atoms with van der Waals surface area (Å²) in [5, 5.41) is 15.5. The van der Waals surface area contributed by atoms with Crippen molar-refractivity contribution in [3.05, 3.63) is 56.9 Å². The molecule has 2 fully saturated rings. The number of fused-ring (bicyclic) bond motifs is 6. The van der Waals surface area contributed by atoms with Gasteiger partial charge in [-0.2, -0.15) is 0 Å². The molecule has 6 heterocycles. The lowest BCUT2D eigenvalue weighted by Gasteiger charge is -2.43. The predicted octanol–water partition coefficient (Wildman–Crippen LogP) is 3.18. The third-order valence-corrected chi connectivity index (χ3v) is 11.2. The van der Waals surface area contributed by atoms with E-state index < -0.39 is 11.6 Å². The third-order valence-electron chi connectivity index (χ3n) is 8.76. The summed E-state index contributed by atoms with van der Waals surface area (Å²) >= 11 is 0. The Morgan fingerprint density at radius 1 is 1.22 bits per heavy atom. The number of rotatable bonds is 3. The van der Waals surface area contributed by atoms with Crippen molar-refractivity contribution < 1.29 is 24.2 Å². The smallest absolute Gasteiger partial charge is 0.415 e. The number of piperazine rings is 1. The molecule has 2 aromatic heterocycles. The molecule has 0 saturated carbocycles. The van der Waals surface area contributed by atoms with Crippen molar-refractivity contribution in [1.82, 2.24) is 19.8 Å². The van der Waals surface area contributed by atoms with Gasteiger partial charge in [0.2, 0.25) is 0 Å². The van der Waals surface area contributed by atoms with Crippen LogP contribution in [-0.4, -0.2) is 68.3 Å². The highest BCUT2D eigenvalue weighted by Crippen LogP contribution is 2.41. The topological polar surface area (TPSA) is 123 Å². The summed E-state index contributed by atoms with van der Waals surface area (Å²) in [6.07, 6.45) is 0.428. The van der Waals surface area contributed by atoms with Crippen LogP contribution < -0.4 is 15.6 Å². The number of ether oxygens (including phenoxy) is 2. The van der Waals surface area contributed by atoms with Gasteiger partial charge in [0.1, 0.15) is 12.4 Å². The Labute approximate surface area is 244 Å². The Balaban J connectivity index is 1.26. The van der Waals surface area contributed by atoms with E-state index in [0.717, 1.165) is 34.6 Å². The van der Waals surface area contributed by atoms with Gasteiger partial charge in [-0.05, 0) is 42.7 Å². The van der Waals surface area contributed by atoms with E-state index in [1.807, 2.05) is 34.8 Å². The van der Waals surface area contributed by atoms with Crippen LogP contribution in [0.4, 0.5) is 4.79 Å². The summed E-state index contributed by atoms with van der Waals surface area (Å²) in [4.78, 5) is 46.1. The van der Waals surface area contributed by atoms with Gasteiger partial charge in [0.05, 0.1) is 35.1 Å². The lowest BCUT2D eigenvalue weighted by molar-refractivity contribution is -0.172. The maximum Gasteiger partial charge on any atom is 0.415 e. The number of hydrogen-bond acceptors (Lipinski definition) is 10. The maximum absolute atomic E-state index is 13.6. The molecule has 1 amide bonds. The average molecular weight is 595 g/mol. The number of nitrogens with zero attached hydrogens (tertiary/aromatic N) is 3. The van der Waals surface area contributed by atoms with Gasteiger partial charge in [-0.1, -0.05) is 35.4 Å². The van der Waals surface area contributed by atoms with E-state index in [9.17, 15) is 19.5 Å². The second-order valence-corrected chi connectivity index (χ2v) is 13.4. The average Bonchev–Trinajstić information content (AvgIpc) is 3.36. The summed E-state index contributed by atoms with van der Waals surface area (Å²) < 4.78 is 12.7. The largest absolute Gasteiger partial charge is 0.458 e. The van der Waals surface area contributed by atoms with Crippen LogP contribution in [0.1, 0.15) is 42.5 Å². The number of aromatic nitrogens is 2. The maximum atomic E-state index is 13.6. The number of hydrogen-bond donors (Lipinski definition) is 2. The zero-order valence-electron chi connectivity index (χ0n) is 22.8.